The van der Waals surface area contributed by atoms with Crippen LogP contribution in [0.2, 0.25) is 0 Å². The summed E-state index contributed by atoms with van der Waals surface area (Å²) in [7, 11) is -4.71. The molecule has 3 aliphatic rings. The summed E-state index contributed by atoms with van der Waals surface area (Å²) >= 11 is 0. The van der Waals surface area contributed by atoms with Crippen LogP contribution in [0.25, 0.3) is 11.1 Å². The van der Waals surface area contributed by atoms with Crippen LogP contribution in [0, 0.1) is 5.82 Å². The number of para-hydroxylation sites is 1. The second-order valence-corrected chi connectivity index (χ2v) is 16.8. The Bertz CT molecular complexity index is 2460. The minimum Gasteiger partial charge on any atom is -0.479 e. The number of hydrogen-bond donors (Lipinski definition) is 8. The molecule has 4 aromatic carbocycles. The van der Waals surface area contributed by atoms with Crippen LogP contribution in [0.4, 0.5) is 10.1 Å². The van der Waals surface area contributed by atoms with Gasteiger partial charge in [-0.1, -0.05) is 42.5 Å². The number of carboxylic acid groups (broad SMARTS) is 2. The molecule has 328 valence electrons. The topological polar surface area (TPSA) is 304 Å². The van der Waals surface area contributed by atoms with E-state index < -0.39 is 118 Å². The number of hydrogen-bond acceptors (Lipinski definition) is 16. The summed E-state index contributed by atoms with van der Waals surface area (Å²) in [6.45, 7) is 0. The Morgan fingerprint density at radius 1 is 0.661 bits per heavy atom. The number of amides is 1. The molecule has 19 nitrogen and oxygen atoms in total. The molecule has 8 unspecified atom stereocenters. The van der Waals surface area contributed by atoms with E-state index in [4.69, 9.17) is 18.9 Å². The first-order chi connectivity index (χ1) is 29.4. The normalized spacial score (nSPS) is 29.9. The monoisotopic (exact) mass is 883 g/mol. The van der Waals surface area contributed by atoms with E-state index in [1.165, 1.54) is 54.6 Å². The molecule has 3 aliphatic heterocycles. The summed E-state index contributed by atoms with van der Waals surface area (Å²) in [6.07, 6.45) is -20.1. The SMILES string of the molecule is O=C(CS(=O)(=O)[C@H]1C(=O)N(c2ccccc2)[C@@H]1c1ccc(-c2cccc(O[C@@H]3OC(C(=O)O)C(O)C(O)C3O)c2)cc1O[C@@H]1OC(C(=O)O)C(O)C(O)C1O)c1ccc(F)cc1. The summed E-state index contributed by atoms with van der Waals surface area (Å²) in [5.41, 5.74) is 0.493. The summed E-state index contributed by atoms with van der Waals surface area (Å²) in [5.74, 6) is -7.52. The lowest BCUT2D eigenvalue weighted by Crippen LogP contribution is -2.63. The van der Waals surface area contributed by atoms with Gasteiger partial charge in [0.05, 0.1) is 6.04 Å². The van der Waals surface area contributed by atoms with Crippen LogP contribution in [-0.2, 0) is 33.7 Å². The van der Waals surface area contributed by atoms with Crippen molar-refractivity contribution in [2.45, 2.75) is 72.7 Å². The van der Waals surface area contributed by atoms with Gasteiger partial charge in [0, 0.05) is 16.8 Å². The number of ether oxygens (including phenoxy) is 4. The van der Waals surface area contributed by atoms with Crippen molar-refractivity contribution >= 4 is 39.2 Å². The molecule has 0 spiro atoms. The van der Waals surface area contributed by atoms with Gasteiger partial charge in [-0.2, -0.15) is 0 Å². The summed E-state index contributed by atoms with van der Waals surface area (Å²) < 4.78 is 64.2. The molecule has 62 heavy (non-hydrogen) atoms. The number of carbonyl (C=O) groups excluding carboxylic acids is 2. The van der Waals surface area contributed by atoms with Crippen molar-refractivity contribution < 1.29 is 91.8 Å². The molecule has 0 aliphatic carbocycles. The van der Waals surface area contributed by atoms with Gasteiger partial charge in [0.25, 0.3) is 0 Å². The minimum absolute atomic E-state index is 0.0601. The van der Waals surface area contributed by atoms with E-state index in [0.29, 0.717) is 0 Å². The van der Waals surface area contributed by atoms with Crippen LogP contribution >= 0.6 is 0 Å². The Morgan fingerprint density at radius 2 is 1.23 bits per heavy atom. The Kier molecular flexibility index (Phi) is 12.5. The summed E-state index contributed by atoms with van der Waals surface area (Å²) in [5, 5.41) is 79.9. The number of carboxylic acids is 2. The number of anilines is 1. The van der Waals surface area contributed by atoms with Gasteiger partial charge in [0.15, 0.2) is 33.1 Å². The molecule has 4 aromatic rings. The number of rotatable bonds is 13. The molecule has 8 N–H and O–H groups in total. The smallest absolute Gasteiger partial charge is 0.335 e. The van der Waals surface area contributed by atoms with Crippen LogP contribution in [0.1, 0.15) is 22.0 Å². The summed E-state index contributed by atoms with van der Waals surface area (Å²) in [6, 6.07) is 20.2. The van der Waals surface area contributed by atoms with E-state index in [0.717, 1.165) is 29.2 Å². The highest BCUT2D eigenvalue weighted by Gasteiger charge is 2.57. The Labute approximate surface area is 350 Å². The van der Waals surface area contributed by atoms with Crippen molar-refractivity contribution in [1.29, 1.82) is 0 Å². The fourth-order valence-corrected chi connectivity index (χ4v) is 9.14. The standard InChI is InChI=1S/C41H38FNO18S/c42-21-12-9-18(10-13-21)25(44)17-62(56,57)36-27(43(37(36)51)22-6-2-1-3-7-22)24-14-11-20(16-26(24)59-41-33(50)29(46)31(48)35(61-41)39(54)55)19-5-4-8-23(15-19)58-40-32(49)28(45)30(47)34(60-40)38(52)53/h1-16,27-36,40-41,45-50H,17H2,(H,52,53)(H,54,55)/t27-,28?,29?,30?,31?,32?,33?,34?,35?,36-,40-,41-/m1/s1. The van der Waals surface area contributed by atoms with Gasteiger partial charge < -0.3 is 64.7 Å². The maximum atomic E-state index is 14.1. The Hall–Kier alpha value is -5.88. The van der Waals surface area contributed by atoms with Gasteiger partial charge in [0.1, 0.15) is 59.7 Å². The largest absolute Gasteiger partial charge is 0.479 e. The van der Waals surface area contributed by atoms with Crippen LogP contribution in [0.5, 0.6) is 11.5 Å². The van der Waals surface area contributed by atoms with E-state index >= 15 is 0 Å². The molecule has 3 fully saturated rings. The Balaban J connectivity index is 1.30. The number of sulfone groups is 1. The molecular formula is C41H38FNO18S. The fourth-order valence-electron chi connectivity index (χ4n) is 7.35. The first-order valence-electron chi connectivity index (χ1n) is 18.7. The highest BCUT2D eigenvalue weighted by atomic mass is 32.2. The number of benzene rings is 4. The van der Waals surface area contributed by atoms with Gasteiger partial charge in [-0.15, -0.1) is 0 Å². The van der Waals surface area contributed by atoms with Crippen LogP contribution in [0.3, 0.4) is 0 Å². The van der Waals surface area contributed by atoms with Gasteiger partial charge in [-0.25, -0.2) is 22.4 Å². The first kappa shape index (κ1) is 44.2. The number of ketones is 1. The van der Waals surface area contributed by atoms with Crippen molar-refractivity contribution in [3.05, 3.63) is 114 Å². The first-order valence-corrected chi connectivity index (χ1v) is 20.4. The molecule has 12 atom stereocenters. The average Bonchev–Trinajstić information content (AvgIpc) is 3.23. The van der Waals surface area contributed by atoms with Crippen LogP contribution < -0.4 is 14.4 Å². The fraction of sp³-hybridized carbons (Fsp3) is 0.317. The number of halogens is 1. The minimum atomic E-state index is -4.71. The second-order valence-electron chi connectivity index (χ2n) is 14.6. The van der Waals surface area contributed by atoms with E-state index in [1.54, 1.807) is 18.2 Å². The zero-order valence-corrected chi connectivity index (χ0v) is 32.6. The molecular weight excluding hydrogens is 846 g/mol. The second kappa shape index (κ2) is 17.5. The summed E-state index contributed by atoms with van der Waals surface area (Å²) in [4.78, 5) is 51.9. The molecule has 0 saturated carbocycles. The lowest BCUT2D eigenvalue weighted by molar-refractivity contribution is -0.271. The maximum absolute atomic E-state index is 14.1. The van der Waals surface area contributed by atoms with Crippen molar-refractivity contribution in [2.75, 3.05) is 10.7 Å². The van der Waals surface area contributed by atoms with Crippen molar-refractivity contribution in [2.24, 2.45) is 0 Å². The lowest BCUT2D eigenvalue weighted by atomic mass is 9.90. The predicted molar refractivity (Wildman–Crippen MR) is 207 cm³/mol. The zero-order chi connectivity index (χ0) is 44.8. The molecule has 1 amide bonds. The number of aliphatic carboxylic acids is 2. The third-order valence-corrected chi connectivity index (χ3v) is 12.5. The number of nitrogens with zero attached hydrogens (tertiary/aromatic N) is 1. The lowest BCUT2D eigenvalue weighted by Gasteiger charge is -2.47. The van der Waals surface area contributed by atoms with Gasteiger partial charge >= 0.3 is 11.9 Å². The Morgan fingerprint density at radius 3 is 1.81 bits per heavy atom. The number of aliphatic hydroxyl groups is 6. The van der Waals surface area contributed by atoms with E-state index in [2.05, 4.69) is 0 Å². The van der Waals surface area contributed by atoms with Gasteiger partial charge in [0.2, 0.25) is 18.5 Å². The van der Waals surface area contributed by atoms with Gasteiger partial charge in [-0.3, -0.25) is 9.59 Å². The third-order valence-electron chi connectivity index (χ3n) is 10.6. The highest BCUT2D eigenvalue weighted by molar-refractivity contribution is 7.93. The third kappa shape index (κ3) is 8.49. The van der Waals surface area contributed by atoms with Gasteiger partial charge in [-0.05, 0) is 65.7 Å². The molecule has 0 radical (unpaired) electrons. The predicted octanol–water partition coefficient (Wildman–Crippen LogP) is -0.211. The molecule has 3 saturated heterocycles. The maximum Gasteiger partial charge on any atom is 0.335 e. The molecule has 0 bridgehead atoms. The van der Waals surface area contributed by atoms with Crippen molar-refractivity contribution in [3.8, 4) is 22.6 Å². The molecule has 0 aromatic heterocycles. The van der Waals surface area contributed by atoms with Crippen LogP contribution in [0.15, 0.2) is 97.1 Å². The molecule has 7 rings (SSSR count). The zero-order valence-electron chi connectivity index (χ0n) is 31.8. The highest BCUT2D eigenvalue weighted by Crippen LogP contribution is 2.47. The number of aliphatic hydroxyl groups excluding tert-OH is 6. The van der Waals surface area contributed by atoms with Crippen molar-refractivity contribution in [3.63, 3.8) is 0 Å². The van der Waals surface area contributed by atoms with E-state index in [1.807, 2.05) is 0 Å². The molecule has 21 heteroatoms. The van der Waals surface area contributed by atoms with Crippen LogP contribution in [-0.4, -0.2) is 145 Å². The quantitative estimate of drug-likeness (QED) is 0.0636. The number of Topliss-reactive ketones (excluding diaryl/α,β-unsaturated/α-hetero) is 1. The number of carbonyl (C=O) groups is 4. The number of β-lactam (4-membered cyclic amide) rings is 1. The molecule has 3 heterocycles. The van der Waals surface area contributed by atoms with Crippen molar-refractivity contribution in [1.82, 2.24) is 0 Å². The van der Waals surface area contributed by atoms with E-state index in [-0.39, 0.29) is 39.4 Å². The van der Waals surface area contributed by atoms with E-state index in [9.17, 15) is 72.8 Å². The average molecular weight is 884 g/mol.